The minimum atomic E-state index is -0.188. The SMILES string of the molecule is COc1ccc(C)cc1NC(=O)Cn1ccc2c(=O)[nH]ccc21. The van der Waals surface area contributed by atoms with Gasteiger partial charge in [0.1, 0.15) is 12.3 Å². The molecule has 0 saturated heterocycles. The number of carbonyl (C=O) groups is 1. The van der Waals surface area contributed by atoms with Crippen LogP contribution in [-0.2, 0) is 11.3 Å². The normalized spacial score (nSPS) is 10.7. The Morgan fingerprint density at radius 3 is 2.91 bits per heavy atom. The number of hydrogen-bond donors (Lipinski definition) is 2. The lowest BCUT2D eigenvalue weighted by molar-refractivity contribution is -0.116. The van der Waals surface area contributed by atoms with Crippen LogP contribution in [0.15, 0.2) is 47.5 Å². The highest BCUT2D eigenvalue weighted by Gasteiger charge is 2.11. The number of carbonyl (C=O) groups excluding carboxylic acids is 1. The van der Waals surface area contributed by atoms with Crippen molar-refractivity contribution >= 4 is 22.5 Å². The molecule has 0 radical (unpaired) electrons. The van der Waals surface area contributed by atoms with E-state index < -0.39 is 0 Å². The first-order valence-electron chi connectivity index (χ1n) is 7.19. The molecule has 0 saturated carbocycles. The van der Waals surface area contributed by atoms with Crippen LogP contribution in [0.4, 0.5) is 5.69 Å². The average molecular weight is 311 g/mol. The van der Waals surface area contributed by atoms with Crippen molar-refractivity contribution in [3.63, 3.8) is 0 Å². The number of aromatic nitrogens is 2. The number of aromatic amines is 1. The third kappa shape index (κ3) is 2.96. The second kappa shape index (κ2) is 6.00. The third-order valence-corrected chi connectivity index (χ3v) is 3.65. The van der Waals surface area contributed by atoms with E-state index in [0.717, 1.165) is 11.1 Å². The Balaban J connectivity index is 1.83. The quantitative estimate of drug-likeness (QED) is 0.776. The fraction of sp³-hybridized carbons (Fsp3) is 0.176. The van der Waals surface area contributed by atoms with Crippen molar-refractivity contribution in [3.8, 4) is 5.75 Å². The van der Waals surface area contributed by atoms with Crippen molar-refractivity contribution in [2.24, 2.45) is 0 Å². The number of rotatable bonds is 4. The lowest BCUT2D eigenvalue weighted by atomic mass is 10.2. The molecule has 0 aliphatic heterocycles. The number of fused-ring (bicyclic) bond motifs is 1. The number of pyridine rings is 1. The molecule has 118 valence electrons. The predicted octanol–water partition coefficient (Wildman–Crippen LogP) is 2.29. The zero-order valence-corrected chi connectivity index (χ0v) is 12.9. The fourth-order valence-corrected chi connectivity index (χ4v) is 2.54. The summed E-state index contributed by atoms with van der Waals surface area (Å²) in [6, 6.07) is 9.07. The Morgan fingerprint density at radius 1 is 1.30 bits per heavy atom. The van der Waals surface area contributed by atoms with Gasteiger partial charge in [-0.3, -0.25) is 9.59 Å². The maximum atomic E-state index is 12.3. The van der Waals surface area contributed by atoms with Gasteiger partial charge in [-0.1, -0.05) is 6.07 Å². The van der Waals surface area contributed by atoms with Crippen LogP contribution in [0, 0.1) is 6.92 Å². The van der Waals surface area contributed by atoms with Gasteiger partial charge >= 0.3 is 0 Å². The lowest BCUT2D eigenvalue weighted by Gasteiger charge is -2.12. The van der Waals surface area contributed by atoms with Gasteiger partial charge in [-0.2, -0.15) is 0 Å². The summed E-state index contributed by atoms with van der Waals surface area (Å²) in [5.74, 6) is 0.421. The van der Waals surface area contributed by atoms with Gasteiger partial charge in [0, 0.05) is 12.4 Å². The van der Waals surface area contributed by atoms with Crippen molar-refractivity contribution in [1.82, 2.24) is 9.55 Å². The van der Waals surface area contributed by atoms with E-state index in [4.69, 9.17) is 4.74 Å². The van der Waals surface area contributed by atoms with Crippen molar-refractivity contribution in [2.75, 3.05) is 12.4 Å². The number of anilines is 1. The topological polar surface area (TPSA) is 76.1 Å². The van der Waals surface area contributed by atoms with Crippen molar-refractivity contribution < 1.29 is 9.53 Å². The zero-order valence-electron chi connectivity index (χ0n) is 12.9. The monoisotopic (exact) mass is 311 g/mol. The molecule has 6 heteroatoms. The van der Waals surface area contributed by atoms with Crippen LogP contribution in [0.1, 0.15) is 5.56 Å². The molecule has 0 bridgehead atoms. The fourth-order valence-electron chi connectivity index (χ4n) is 2.54. The minimum absolute atomic E-state index is 0.115. The molecule has 0 atom stereocenters. The largest absolute Gasteiger partial charge is 0.495 e. The maximum absolute atomic E-state index is 12.3. The number of hydrogen-bond acceptors (Lipinski definition) is 3. The zero-order chi connectivity index (χ0) is 16.4. The molecule has 0 spiro atoms. The molecule has 23 heavy (non-hydrogen) atoms. The van der Waals surface area contributed by atoms with E-state index in [1.807, 2.05) is 25.1 Å². The number of nitrogens with one attached hydrogen (secondary N) is 2. The van der Waals surface area contributed by atoms with Crippen LogP contribution < -0.4 is 15.6 Å². The number of ether oxygens (including phenoxy) is 1. The van der Waals surface area contributed by atoms with E-state index in [1.165, 1.54) is 0 Å². The molecule has 6 nitrogen and oxygen atoms in total. The highest BCUT2D eigenvalue weighted by molar-refractivity contribution is 5.93. The van der Waals surface area contributed by atoms with E-state index >= 15 is 0 Å². The Bertz CT molecular complexity index is 924. The minimum Gasteiger partial charge on any atom is -0.495 e. The summed E-state index contributed by atoms with van der Waals surface area (Å²) >= 11 is 0. The van der Waals surface area contributed by atoms with Crippen LogP contribution in [0.25, 0.3) is 10.9 Å². The summed E-state index contributed by atoms with van der Waals surface area (Å²) in [4.78, 5) is 26.6. The lowest BCUT2D eigenvalue weighted by Crippen LogP contribution is -2.19. The molecule has 0 fully saturated rings. The van der Waals surface area contributed by atoms with E-state index in [1.54, 1.807) is 36.2 Å². The molecular weight excluding hydrogens is 294 g/mol. The summed E-state index contributed by atoms with van der Waals surface area (Å²) in [5, 5.41) is 3.41. The first-order valence-corrected chi connectivity index (χ1v) is 7.19. The van der Waals surface area contributed by atoms with Crippen LogP contribution in [-0.4, -0.2) is 22.6 Å². The van der Waals surface area contributed by atoms with E-state index in [-0.39, 0.29) is 18.0 Å². The van der Waals surface area contributed by atoms with Crippen LogP contribution in [0.2, 0.25) is 0 Å². The highest BCUT2D eigenvalue weighted by atomic mass is 16.5. The summed E-state index contributed by atoms with van der Waals surface area (Å²) in [5.41, 5.74) is 2.22. The molecule has 1 amide bonds. The van der Waals surface area contributed by atoms with Gasteiger partial charge in [0.25, 0.3) is 5.56 Å². The summed E-state index contributed by atoms with van der Waals surface area (Å²) in [7, 11) is 1.56. The molecular formula is C17H17N3O3. The van der Waals surface area contributed by atoms with Gasteiger partial charge in [-0.25, -0.2) is 0 Å². The Kier molecular flexibility index (Phi) is 3.89. The Labute approximate surface area is 132 Å². The molecule has 3 aromatic rings. The van der Waals surface area contributed by atoms with Crippen LogP contribution in [0.5, 0.6) is 5.75 Å². The average Bonchev–Trinajstić information content (AvgIpc) is 2.92. The second-order valence-corrected chi connectivity index (χ2v) is 5.30. The van der Waals surface area contributed by atoms with E-state index in [2.05, 4.69) is 10.3 Å². The smallest absolute Gasteiger partial charge is 0.257 e. The summed E-state index contributed by atoms with van der Waals surface area (Å²) < 4.78 is 6.99. The summed E-state index contributed by atoms with van der Waals surface area (Å²) in [6.45, 7) is 2.06. The van der Waals surface area contributed by atoms with Gasteiger partial charge in [-0.05, 0) is 36.8 Å². The number of benzene rings is 1. The van der Waals surface area contributed by atoms with Crippen LogP contribution in [0.3, 0.4) is 0 Å². The number of H-pyrrole nitrogens is 1. The van der Waals surface area contributed by atoms with Gasteiger partial charge in [0.15, 0.2) is 0 Å². The number of aryl methyl sites for hydroxylation is 1. The van der Waals surface area contributed by atoms with E-state index in [0.29, 0.717) is 16.8 Å². The van der Waals surface area contributed by atoms with Crippen LogP contribution >= 0.6 is 0 Å². The number of methoxy groups -OCH3 is 1. The Hall–Kier alpha value is -3.02. The van der Waals surface area contributed by atoms with Gasteiger partial charge in [0.05, 0.1) is 23.7 Å². The first-order chi connectivity index (χ1) is 11.1. The molecule has 1 aromatic carbocycles. The molecule has 0 unspecified atom stereocenters. The summed E-state index contributed by atoms with van der Waals surface area (Å²) in [6.07, 6.45) is 3.30. The van der Waals surface area contributed by atoms with Crippen molar-refractivity contribution in [2.45, 2.75) is 13.5 Å². The standard InChI is InChI=1S/C17H17N3O3/c1-11-3-4-15(23-2)13(9-11)19-16(21)10-20-8-6-12-14(20)5-7-18-17(12)22/h3-9H,10H2,1-2H3,(H,18,22)(H,19,21). The van der Waals surface area contributed by atoms with Gasteiger partial charge in [-0.15, -0.1) is 0 Å². The number of amides is 1. The van der Waals surface area contributed by atoms with Gasteiger partial charge in [0.2, 0.25) is 5.91 Å². The molecule has 2 N–H and O–H groups in total. The van der Waals surface area contributed by atoms with Gasteiger partial charge < -0.3 is 19.6 Å². The molecule has 2 heterocycles. The van der Waals surface area contributed by atoms with Crippen molar-refractivity contribution in [3.05, 3.63) is 58.6 Å². The Morgan fingerprint density at radius 2 is 2.13 bits per heavy atom. The predicted molar refractivity (Wildman–Crippen MR) is 88.9 cm³/mol. The second-order valence-electron chi connectivity index (χ2n) is 5.30. The molecule has 0 aliphatic rings. The number of nitrogens with zero attached hydrogens (tertiary/aromatic N) is 1. The first kappa shape index (κ1) is 14.9. The molecule has 3 rings (SSSR count). The van der Waals surface area contributed by atoms with Crippen molar-refractivity contribution in [1.29, 1.82) is 0 Å². The highest BCUT2D eigenvalue weighted by Crippen LogP contribution is 2.25. The van der Waals surface area contributed by atoms with E-state index in [9.17, 15) is 9.59 Å². The molecule has 0 aliphatic carbocycles. The maximum Gasteiger partial charge on any atom is 0.257 e. The third-order valence-electron chi connectivity index (χ3n) is 3.65. The molecule has 2 aromatic heterocycles.